The predicted octanol–water partition coefficient (Wildman–Crippen LogP) is 1.44. The van der Waals surface area contributed by atoms with Gasteiger partial charge in [-0.2, -0.15) is 0 Å². The zero-order valence-corrected chi connectivity index (χ0v) is 12.7. The van der Waals surface area contributed by atoms with Gasteiger partial charge in [0.1, 0.15) is 9.84 Å². The minimum Gasteiger partial charge on any atom is -0.323 e. The third-order valence-corrected chi connectivity index (χ3v) is 4.32. The third-order valence-electron chi connectivity index (χ3n) is 3.40. The van der Waals surface area contributed by atoms with Gasteiger partial charge in [-0.3, -0.25) is 0 Å². The summed E-state index contributed by atoms with van der Waals surface area (Å²) < 4.78 is 22.5. The molecule has 0 bridgehead atoms. The van der Waals surface area contributed by atoms with Crippen LogP contribution in [0.4, 0.5) is 0 Å². The molecule has 0 heterocycles. The average molecular weight is 284 g/mol. The topological polar surface area (TPSA) is 63.4 Å². The lowest BCUT2D eigenvalue weighted by atomic mass is 9.97. The molecule has 0 aliphatic heterocycles. The number of rotatable bonds is 7. The van der Waals surface area contributed by atoms with Crippen LogP contribution in [-0.2, 0) is 9.84 Å². The Balaban J connectivity index is 2.71. The Morgan fingerprint density at radius 3 is 2.32 bits per heavy atom. The number of nitrogens with zero attached hydrogens (tertiary/aromatic N) is 1. The molecule has 2 N–H and O–H groups in total. The summed E-state index contributed by atoms with van der Waals surface area (Å²) in [5.74, 6) is 0.168. The molecule has 1 aromatic rings. The molecule has 0 amide bonds. The molecule has 108 valence electrons. The van der Waals surface area contributed by atoms with Gasteiger partial charge in [0.2, 0.25) is 0 Å². The SMILES string of the molecule is CCC(C(N)c1ccccc1)N(C)CCS(C)(=O)=O. The third kappa shape index (κ3) is 5.30. The zero-order chi connectivity index (χ0) is 14.5. The lowest BCUT2D eigenvalue weighted by Gasteiger charge is -2.32. The largest absolute Gasteiger partial charge is 0.323 e. The Morgan fingerprint density at radius 2 is 1.84 bits per heavy atom. The van der Waals surface area contributed by atoms with Gasteiger partial charge in [0.25, 0.3) is 0 Å². The van der Waals surface area contributed by atoms with E-state index in [1.165, 1.54) is 6.26 Å². The standard InChI is InChI=1S/C14H24N2O2S/c1-4-13(16(2)10-11-19(3,17)18)14(15)12-8-6-5-7-9-12/h5-9,13-14H,4,10-11,15H2,1-3H3. The van der Waals surface area contributed by atoms with Crippen LogP contribution in [0.3, 0.4) is 0 Å². The summed E-state index contributed by atoms with van der Waals surface area (Å²) in [5, 5.41) is 0. The van der Waals surface area contributed by atoms with Crippen molar-refractivity contribution in [2.45, 2.75) is 25.4 Å². The van der Waals surface area contributed by atoms with Crippen LogP contribution in [0.15, 0.2) is 30.3 Å². The second-order valence-electron chi connectivity index (χ2n) is 5.02. The second kappa shape index (κ2) is 7.03. The Kier molecular flexibility index (Phi) is 5.97. The van der Waals surface area contributed by atoms with E-state index in [1.54, 1.807) is 0 Å². The molecule has 1 aromatic carbocycles. The fraction of sp³-hybridized carbons (Fsp3) is 0.571. The Labute approximate surface area is 116 Å². The van der Waals surface area contributed by atoms with E-state index < -0.39 is 9.84 Å². The van der Waals surface area contributed by atoms with Crippen molar-refractivity contribution in [3.63, 3.8) is 0 Å². The van der Waals surface area contributed by atoms with Crippen LogP contribution in [0, 0.1) is 0 Å². The number of sulfone groups is 1. The van der Waals surface area contributed by atoms with Crippen LogP contribution < -0.4 is 5.73 Å². The van der Waals surface area contributed by atoms with Gasteiger partial charge in [0.05, 0.1) is 5.75 Å². The zero-order valence-electron chi connectivity index (χ0n) is 11.9. The van der Waals surface area contributed by atoms with Crippen molar-refractivity contribution < 1.29 is 8.42 Å². The van der Waals surface area contributed by atoms with Gasteiger partial charge in [0, 0.05) is 24.9 Å². The molecule has 5 heteroatoms. The maximum atomic E-state index is 11.2. The van der Waals surface area contributed by atoms with Crippen LogP contribution in [-0.4, -0.2) is 45.0 Å². The van der Waals surface area contributed by atoms with Crippen molar-refractivity contribution in [2.24, 2.45) is 5.73 Å². The van der Waals surface area contributed by atoms with E-state index in [0.717, 1.165) is 12.0 Å². The molecule has 0 aliphatic carbocycles. The van der Waals surface area contributed by atoms with Crippen LogP contribution in [0.5, 0.6) is 0 Å². The van der Waals surface area contributed by atoms with Crippen molar-refractivity contribution in [3.05, 3.63) is 35.9 Å². The fourth-order valence-corrected chi connectivity index (χ4v) is 2.83. The van der Waals surface area contributed by atoms with Gasteiger partial charge in [-0.05, 0) is 19.0 Å². The van der Waals surface area contributed by atoms with Gasteiger partial charge in [-0.25, -0.2) is 8.42 Å². The first kappa shape index (κ1) is 16.1. The van der Waals surface area contributed by atoms with E-state index in [0.29, 0.717) is 6.54 Å². The first-order valence-corrected chi connectivity index (χ1v) is 8.59. The number of benzene rings is 1. The molecular formula is C14H24N2O2S. The van der Waals surface area contributed by atoms with Gasteiger partial charge >= 0.3 is 0 Å². The minimum absolute atomic E-state index is 0.101. The number of nitrogens with two attached hydrogens (primary N) is 1. The fourth-order valence-electron chi connectivity index (χ4n) is 2.21. The van der Waals surface area contributed by atoms with Crippen molar-refractivity contribution in [1.29, 1.82) is 0 Å². The molecule has 0 saturated carbocycles. The quantitative estimate of drug-likeness (QED) is 0.823. The first-order chi connectivity index (χ1) is 8.85. The molecule has 0 saturated heterocycles. The highest BCUT2D eigenvalue weighted by Crippen LogP contribution is 2.20. The Hall–Kier alpha value is -0.910. The van der Waals surface area contributed by atoms with Crippen molar-refractivity contribution in [3.8, 4) is 0 Å². The van der Waals surface area contributed by atoms with E-state index in [1.807, 2.05) is 42.3 Å². The van der Waals surface area contributed by atoms with E-state index in [4.69, 9.17) is 5.73 Å². The Bertz CT molecular complexity index is 473. The maximum absolute atomic E-state index is 11.2. The minimum atomic E-state index is -2.93. The number of hydrogen-bond donors (Lipinski definition) is 1. The molecule has 1 rings (SSSR count). The molecule has 0 spiro atoms. The van der Waals surface area contributed by atoms with Gasteiger partial charge in [-0.15, -0.1) is 0 Å². The summed E-state index contributed by atoms with van der Waals surface area (Å²) >= 11 is 0. The monoisotopic (exact) mass is 284 g/mol. The van der Waals surface area contributed by atoms with E-state index in [2.05, 4.69) is 6.92 Å². The first-order valence-electron chi connectivity index (χ1n) is 6.53. The smallest absolute Gasteiger partial charge is 0.148 e. The van der Waals surface area contributed by atoms with Crippen LogP contribution in [0.25, 0.3) is 0 Å². The molecule has 0 fully saturated rings. The lowest BCUT2D eigenvalue weighted by Crippen LogP contribution is -2.42. The molecule has 2 unspecified atom stereocenters. The maximum Gasteiger partial charge on any atom is 0.148 e. The molecule has 2 atom stereocenters. The second-order valence-corrected chi connectivity index (χ2v) is 7.28. The van der Waals surface area contributed by atoms with Crippen LogP contribution >= 0.6 is 0 Å². The Morgan fingerprint density at radius 1 is 1.26 bits per heavy atom. The van der Waals surface area contributed by atoms with E-state index in [9.17, 15) is 8.42 Å². The predicted molar refractivity (Wildman–Crippen MR) is 79.8 cm³/mol. The summed E-state index contributed by atoms with van der Waals surface area (Å²) in [5.41, 5.74) is 7.38. The number of likely N-dealkylation sites (N-methyl/N-ethyl adjacent to an activating group) is 1. The molecule has 0 aliphatic rings. The average Bonchev–Trinajstić information content (AvgIpc) is 2.37. The van der Waals surface area contributed by atoms with E-state index >= 15 is 0 Å². The summed E-state index contributed by atoms with van der Waals surface area (Å²) in [6, 6.07) is 9.97. The summed E-state index contributed by atoms with van der Waals surface area (Å²) in [7, 11) is -1.00. The highest BCUT2D eigenvalue weighted by Gasteiger charge is 2.22. The molecule has 4 nitrogen and oxygen atoms in total. The van der Waals surface area contributed by atoms with Gasteiger partial charge < -0.3 is 10.6 Å². The van der Waals surface area contributed by atoms with E-state index in [-0.39, 0.29) is 17.8 Å². The van der Waals surface area contributed by atoms with Crippen LogP contribution in [0.2, 0.25) is 0 Å². The van der Waals surface area contributed by atoms with Crippen molar-refractivity contribution >= 4 is 9.84 Å². The molecule has 19 heavy (non-hydrogen) atoms. The highest BCUT2D eigenvalue weighted by atomic mass is 32.2. The highest BCUT2D eigenvalue weighted by molar-refractivity contribution is 7.90. The summed E-state index contributed by atoms with van der Waals surface area (Å²) in [6.45, 7) is 2.59. The molecule has 0 aromatic heterocycles. The van der Waals surface area contributed by atoms with Crippen LogP contribution in [0.1, 0.15) is 24.9 Å². The summed E-state index contributed by atoms with van der Waals surface area (Å²) in [4.78, 5) is 2.04. The van der Waals surface area contributed by atoms with Gasteiger partial charge in [-0.1, -0.05) is 37.3 Å². The normalized spacial score (nSPS) is 15.4. The van der Waals surface area contributed by atoms with Crippen molar-refractivity contribution in [2.75, 3.05) is 25.6 Å². The molecule has 0 radical (unpaired) electrons. The lowest BCUT2D eigenvalue weighted by molar-refractivity contribution is 0.216. The number of hydrogen-bond acceptors (Lipinski definition) is 4. The van der Waals surface area contributed by atoms with Crippen molar-refractivity contribution in [1.82, 2.24) is 4.90 Å². The summed E-state index contributed by atoms with van der Waals surface area (Å²) in [6.07, 6.45) is 2.15. The molecular weight excluding hydrogens is 260 g/mol. The van der Waals surface area contributed by atoms with Gasteiger partial charge in [0.15, 0.2) is 0 Å².